The summed E-state index contributed by atoms with van der Waals surface area (Å²) in [5, 5.41) is 126. The van der Waals surface area contributed by atoms with Gasteiger partial charge < -0.3 is 102 Å². The van der Waals surface area contributed by atoms with E-state index in [-0.39, 0.29) is 11.1 Å². The molecular weight excluding hydrogens is 1200 g/mol. The lowest BCUT2D eigenvalue weighted by molar-refractivity contribution is -0.149. The van der Waals surface area contributed by atoms with E-state index in [2.05, 4.69) is 33.3 Å². The van der Waals surface area contributed by atoms with Crippen LogP contribution in [-0.4, -0.2) is 225 Å². The lowest BCUT2D eigenvalue weighted by Gasteiger charge is -2.34. The third-order valence-corrected chi connectivity index (χ3v) is 15.0. The smallest absolute Gasteiger partial charge is 0.425 e. The van der Waals surface area contributed by atoms with Crippen LogP contribution in [0.1, 0.15) is 81.3 Å². The van der Waals surface area contributed by atoms with Crippen molar-refractivity contribution in [2.75, 3.05) is 19.7 Å². The summed E-state index contributed by atoms with van der Waals surface area (Å²) in [7, 11) is -3.11. The third kappa shape index (κ3) is 17.8. The second kappa shape index (κ2) is 31.0. The number of rotatable bonds is 16. The molecule has 0 aliphatic carbocycles. The van der Waals surface area contributed by atoms with E-state index in [0.29, 0.717) is 44.7 Å². The first-order chi connectivity index (χ1) is 42.0. The fourth-order valence-electron chi connectivity index (χ4n) is 10.2. The van der Waals surface area contributed by atoms with Crippen LogP contribution in [0, 0.1) is 5.92 Å². The minimum absolute atomic E-state index is 0.0815. The molecule has 33 heteroatoms. The number of carbonyl (C=O) groups excluding carboxylic acids is 8. The predicted octanol–water partition coefficient (Wildman–Crippen LogP) is -4.38. The van der Waals surface area contributed by atoms with Crippen LogP contribution in [0.5, 0.6) is 17.2 Å². The summed E-state index contributed by atoms with van der Waals surface area (Å²) >= 11 is 0. The van der Waals surface area contributed by atoms with E-state index in [9.17, 15) is 89.4 Å². The highest BCUT2D eigenvalue weighted by atomic mass is 32.2. The Hall–Kier alpha value is -8.67. The predicted molar refractivity (Wildman–Crippen MR) is 303 cm³/mol. The van der Waals surface area contributed by atoms with Crippen molar-refractivity contribution in [1.29, 1.82) is 0 Å². The van der Waals surface area contributed by atoms with E-state index < -0.39 is 193 Å². The molecule has 8 amide bonds. The fourth-order valence-corrected chi connectivity index (χ4v) is 10.2. The maximum atomic E-state index is 14.6. The second-order valence-electron chi connectivity index (χ2n) is 21.6. The van der Waals surface area contributed by atoms with Crippen LogP contribution < -0.4 is 37.1 Å². The summed E-state index contributed by atoms with van der Waals surface area (Å²) in [6, 6.07) is 4.67. The van der Waals surface area contributed by atoms with Gasteiger partial charge in [-0.15, -0.1) is 12.6 Å². The minimum atomic E-state index is -3.11. The Balaban J connectivity index is 0.00000306. The molecule has 0 saturated carbocycles. The van der Waals surface area contributed by atoms with Gasteiger partial charge in [0.2, 0.25) is 41.4 Å². The number of aromatic nitrogens is 1. The van der Waals surface area contributed by atoms with Gasteiger partial charge in [-0.2, -0.15) is 0 Å². The van der Waals surface area contributed by atoms with Crippen LogP contribution in [0.25, 0.3) is 22.6 Å². The average molecular weight is 1270 g/mol. The molecule has 4 aromatic rings. The lowest BCUT2D eigenvalue weighted by atomic mass is 9.96. The molecule has 1 aromatic heterocycles. The first-order valence-corrected chi connectivity index (χ1v) is 29.0. The van der Waals surface area contributed by atoms with E-state index in [1.54, 1.807) is 18.2 Å². The zero-order valence-electron chi connectivity index (χ0n) is 48.1. The number of unbranched alkanes of at least 4 members (excludes halogenated alkanes) is 2. The fraction of sp³-hybridized carbons (Fsp3) is 0.482. The summed E-state index contributed by atoms with van der Waals surface area (Å²) in [5.41, 5.74) is 6.48. The summed E-state index contributed by atoms with van der Waals surface area (Å²) in [6.07, 6.45) is -16.4. The maximum absolute atomic E-state index is 14.6. The van der Waals surface area contributed by atoms with Crippen molar-refractivity contribution in [3.63, 3.8) is 0 Å². The summed E-state index contributed by atoms with van der Waals surface area (Å²) in [6.45, 7) is 3.93. The van der Waals surface area contributed by atoms with Crippen LogP contribution >= 0.6 is 0 Å². The minimum Gasteiger partial charge on any atom is -0.504 e. The standard InChI is InChI=1S/C56H71N9O20.O3S/c1-4-5-6-17-84-32-14-11-28(12-15-32)40-21-33(63-85-40)27-7-9-29(10-8-27)49(76)58-34-20-39(71)52(79)62-54(81)45-46(73)25(2)23-65(45)56(83)43(38(70)22-41(57)72)60-53(80)44(48(75)47(74)30-13-16-36(68)37(69)18-30)61-51(78)35-19-31(67)24-64(35)55(82)42(26(3)66)59-50(34)77;1-4(2)3/h7-16,18,21,25-26,31,34-35,38-39,42-48,52,66-71,73-75,79H,4-6,17,19-20,22-24H2,1-3H3,(H2,57,72)(H,58,76)(H,59,77)(H,60,80)(H,61,78)(H,62,81);/t25-,26+,31+,34-,35-,38+,39+,42-,43-,44-,45-,46-,47-,48-,52+;/m0./s1. The Morgan fingerprint density at radius 3 is 1.99 bits per heavy atom. The van der Waals surface area contributed by atoms with E-state index in [0.717, 1.165) is 44.4 Å². The number of nitrogens with two attached hydrogens (primary N) is 1. The number of aliphatic hydroxyl groups excluding tert-OH is 8. The average Bonchev–Trinajstić information content (AvgIpc) is 1.88. The monoisotopic (exact) mass is 1270 g/mol. The zero-order chi connectivity index (χ0) is 65.7. The number of aliphatic hydroxyl groups is 8. The highest BCUT2D eigenvalue weighted by molar-refractivity contribution is 7.59. The first kappa shape index (κ1) is 69.4. The van der Waals surface area contributed by atoms with Gasteiger partial charge in [0.05, 0.1) is 37.4 Å². The molecule has 0 spiro atoms. The van der Waals surface area contributed by atoms with Gasteiger partial charge in [-0.1, -0.05) is 50.0 Å². The largest absolute Gasteiger partial charge is 0.504 e. The molecule has 89 heavy (non-hydrogen) atoms. The van der Waals surface area contributed by atoms with Crippen LogP contribution in [-0.2, 0) is 44.2 Å². The molecule has 3 aliphatic rings. The molecule has 3 aromatic carbocycles. The summed E-state index contributed by atoms with van der Waals surface area (Å²) in [5.74, 6) is -11.8. The SMILES string of the molecule is CCCCCOc1ccc(-c2cc(-c3ccc(C(=O)N[C@H]4C[C@@H](O)[C@@H](O)NC(=O)[C@@H]5[C@@H](O)[C@@H](C)CN5C(=O)[C@H]([C@H](O)CC(N)=O)NC(=O)[C@H]([C@H](O)[C@@H](O)c5ccc(O)c(O)c5)NC(=O)[C@@H]5C[C@@H](O)CN5C(=O)[C@H]([C@@H](C)O)NC4=O)cc3)no2)cc1.O=S(=O)=O. The number of amides is 8. The number of ether oxygens (including phenoxy) is 1. The number of hydrogen-bond donors (Lipinski definition) is 16. The van der Waals surface area contributed by atoms with E-state index in [1.165, 1.54) is 31.2 Å². The molecule has 32 nitrogen and oxygen atoms in total. The maximum Gasteiger partial charge on any atom is 0.425 e. The van der Waals surface area contributed by atoms with Crippen LogP contribution in [0.15, 0.2) is 77.3 Å². The number of carbonyl (C=O) groups is 8. The van der Waals surface area contributed by atoms with Crippen LogP contribution in [0.2, 0.25) is 0 Å². The van der Waals surface area contributed by atoms with Gasteiger partial charge in [0.25, 0.3) is 5.91 Å². The number of phenolic OH excluding ortho intramolecular Hbond substituents is 2. The van der Waals surface area contributed by atoms with Gasteiger partial charge in [-0.05, 0) is 67.4 Å². The number of benzene rings is 3. The molecule has 484 valence electrons. The molecule has 3 aliphatic heterocycles. The molecule has 0 radical (unpaired) electrons. The van der Waals surface area contributed by atoms with Crippen molar-refractivity contribution in [3.8, 4) is 39.8 Å². The van der Waals surface area contributed by atoms with Gasteiger partial charge in [-0.3, -0.25) is 38.4 Å². The third-order valence-electron chi connectivity index (χ3n) is 15.0. The normalized spacial score (nSPS) is 26.0. The Kier molecular flexibility index (Phi) is 24.2. The van der Waals surface area contributed by atoms with Crippen molar-refractivity contribution >= 4 is 57.9 Å². The number of primary amides is 1. The van der Waals surface area contributed by atoms with Crippen molar-refractivity contribution in [2.24, 2.45) is 11.7 Å². The first-order valence-electron chi connectivity index (χ1n) is 28.0. The molecule has 17 N–H and O–H groups in total. The number of aromatic hydroxyl groups is 2. The Morgan fingerprint density at radius 2 is 1.37 bits per heavy atom. The Labute approximate surface area is 508 Å². The highest BCUT2D eigenvalue weighted by Crippen LogP contribution is 2.32. The van der Waals surface area contributed by atoms with Gasteiger partial charge in [0.15, 0.2) is 23.5 Å². The summed E-state index contributed by atoms with van der Waals surface area (Å²) < 4.78 is 36.7. The van der Waals surface area contributed by atoms with Gasteiger partial charge >= 0.3 is 10.6 Å². The molecule has 4 heterocycles. The van der Waals surface area contributed by atoms with Gasteiger partial charge in [0, 0.05) is 54.6 Å². The van der Waals surface area contributed by atoms with Gasteiger partial charge in [-0.25, -0.2) is 0 Å². The number of hydrogen-bond acceptors (Lipinski definition) is 24. The molecule has 0 unspecified atom stereocenters. The molecule has 3 fully saturated rings. The number of nitrogens with zero attached hydrogens (tertiary/aromatic N) is 3. The molecule has 7 rings (SSSR count). The topological polar surface area (TPSA) is 518 Å². The van der Waals surface area contributed by atoms with Gasteiger partial charge in [0.1, 0.15) is 66.0 Å². The van der Waals surface area contributed by atoms with Crippen LogP contribution in [0.4, 0.5) is 0 Å². The molecular formula is C56H71N9O23S. The zero-order valence-corrected chi connectivity index (χ0v) is 48.9. The Morgan fingerprint density at radius 1 is 0.753 bits per heavy atom. The van der Waals surface area contributed by atoms with E-state index in [4.69, 9.17) is 27.6 Å². The number of fused-ring (bicyclic) bond motifs is 2. The quantitative estimate of drug-likeness (QED) is 0.0372. The number of nitrogens with one attached hydrogen (secondary N) is 5. The van der Waals surface area contributed by atoms with Crippen LogP contribution in [0.3, 0.4) is 0 Å². The summed E-state index contributed by atoms with van der Waals surface area (Å²) in [4.78, 5) is 114. The van der Waals surface area contributed by atoms with Crippen molar-refractivity contribution < 1.29 is 111 Å². The number of phenols is 2. The second-order valence-corrected chi connectivity index (χ2v) is 22.0. The molecule has 0 bridgehead atoms. The lowest BCUT2D eigenvalue weighted by Crippen LogP contribution is -2.64. The van der Waals surface area contributed by atoms with E-state index in [1.807, 2.05) is 17.4 Å². The van der Waals surface area contributed by atoms with E-state index >= 15 is 0 Å². The van der Waals surface area contributed by atoms with Crippen molar-refractivity contribution in [1.82, 2.24) is 41.5 Å². The molecule has 3 saturated heterocycles. The Bertz CT molecular complexity index is 3300. The van der Waals surface area contributed by atoms with Crippen molar-refractivity contribution in [3.05, 3.63) is 83.9 Å². The molecule has 15 atom stereocenters. The van der Waals surface area contributed by atoms with Crippen molar-refractivity contribution in [2.45, 2.75) is 145 Å². The highest BCUT2D eigenvalue weighted by Gasteiger charge is 2.51.